The number of hydrogen-bond acceptors (Lipinski definition) is 5. The number of amides is 1. The molecule has 0 spiro atoms. The number of halogens is 1. The molecule has 2 aromatic carbocycles. The van der Waals surface area contributed by atoms with E-state index in [0.29, 0.717) is 6.54 Å². The van der Waals surface area contributed by atoms with Crippen LogP contribution in [-0.4, -0.2) is 29.0 Å². The van der Waals surface area contributed by atoms with Crippen molar-refractivity contribution in [1.82, 2.24) is 9.97 Å². The van der Waals surface area contributed by atoms with E-state index < -0.39 is 0 Å². The standard InChI is InChI=1S/C23H23BrN4OS/c1-16-4-10-20(11-5-16)30-23-21(25-12-13-26-23)28-14-2-3-17(15-28)22(29)27-19-8-6-18(24)7-9-19/h4-13,17H,2-3,14-15H2,1H3,(H,27,29). The first-order valence-electron chi connectivity index (χ1n) is 9.95. The van der Waals surface area contributed by atoms with Gasteiger partial charge in [0.2, 0.25) is 5.91 Å². The Bertz CT molecular complexity index is 1010. The SMILES string of the molecule is Cc1ccc(Sc2nccnc2N2CCCC(C(=O)Nc3ccc(Br)cc3)C2)cc1. The van der Waals surface area contributed by atoms with E-state index in [9.17, 15) is 4.79 Å². The number of aryl methyl sites for hydroxylation is 1. The molecule has 2 heterocycles. The van der Waals surface area contributed by atoms with E-state index in [1.165, 1.54) is 5.56 Å². The van der Waals surface area contributed by atoms with Crippen LogP contribution in [0.5, 0.6) is 0 Å². The minimum atomic E-state index is -0.0818. The second-order valence-corrected chi connectivity index (χ2v) is 9.36. The first kappa shape index (κ1) is 20.9. The second-order valence-electron chi connectivity index (χ2n) is 7.38. The molecule has 0 bridgehead atoms. The van der Waals surface area contributed by atoms with Gasteiger partial charge >= 0.3 is 0 Å². The van der Waals surface area contributed by atoms with Crippen LogP contribution in [0.4, 0.5) is 11.5 Å². The number of aromatic nitrogens is 2. The summed E-state index contributed by atoms with van der Waals surface area (Å²) in [6, 6.07) is 16.1. The van der Waals surface area contributed by atoms with Gasteiger partial charge in [-0.15, -0.1) is 0 Å². The van der Waals surface area contributed by atoms with Crippen LogP contribution in [0.3, 0.4) is 0 Å². The third kappa shape index (κ3) is 5.21. The lowest BCUT2D eigenvalue weighted by atomic mass is 9.97. The lowest BCUT2D eigenvalue weighted by Crippen LogP contribution is -2.41. The second kappa shape index (κ2) is 9.62. The molecule has 1 N–H and O–H groups in total. The molecule has 3 aromatic rings. The third-order valence-corrected chi connectivity index (χ3v) is 6.60. The summed E-state index contributed by atoms with van der Waals surface area (Å²) in [5.41, 5.74) is 2.05. The summed E-state index contributed by atoms with van der Waals surface area (Å²) in [6.07, 6.45) is 5.27. The number of hydrogen-bond donors (Lipinski definition) is 1. The summed E-state index contributed by atoms with van der Waals surface area (Å²) >= 11 is 5.03. The minimum Gasteiger partial charge on any atom is -0.354 e. The minimum absolute atomic E-state index is 0.0543. The first-order valence-corrected chi connectivity index (χ1v) is 11.6. The van der Waals surface area contributed by atoms with E-state index in [4.69, 9.17) is 0 Å². The largest absolute Gasteiger partial charge is 0.354 e. The van der Waals surface area contributed by atoms with E-state index in [-0.39, 0.29) is 11.8 Å². The number of benzene rings is 2. The summed E-state index contributed by atoms with van der Waals surface area (Å²) in [5, 5.41) is 3.91. The Morgan fingerprint density at radius 1 is 1.10 bits per heavy atom. The lowest BCUT2D eigenvalue weighted by molar-refractivity contribution is -0.120. The van der Waals surface area contributed by atoms with Crippen molar-refractivity contribution in [2.45, 2.75) is 29.7 Å². The van der Waals surface area contributed by atoms with E-state index in [1.54, 1.807) is 24.2 Å². The molecule has 1 aliphatic rings. The molecule has 1 aliphatic heterocycles. The van der Waals surface area contributed by atoms with Gasteiger partial charge in [0.25, 0.3) is 0 Å². The highest BCUT2D eigenvalue weighted by Gasteiger charge is 2.28. The molecule has 1 fully saturated rings. The Morgan fingerprint density at radius 2 is 1.83 bits per heavy atom. The quantitative estimate of drug-likeness (QED) is 0.516. The Kier molecular flexibility index (Phi) is 6.69. The van der Waals surface area contributed by atoms with Gasteiger partial charge in [-0.05, 0) is 56.2 Å². The number of nitrogens with one attached hydrogen (secondary N) is 1. The van der Waals surface area contributed by atoms with Gasteiger partial charge < -0.3 is 10.2 Å². The summed E-state index contributed by atoms with van der Waals surface area (Å²) < 4.78 is 0.991. The molecule has 5 nitrogen and oxygen atoms in total. The molecule has 1 amide bonds. The van der Waals surface area contributed by atoms with Crippen molar-refractivity contribution in [3.8, 4) is 0 Å². The van der Waals surface area contributed by atoms with Crippen molar-refractivity contribution in [2.24, 2.45) is 5.92 Å². The highest BCUT2D eigenvalue weighted by Crippen LogP contribution is 2.34. The molecular formula is C23H23BrN4OS. The number of rotatable bonds is 5. The smallest absolute Gasteiger partial charge is 0.229 e. The first-order chi connectivity index (χ1) is 14.6. The molecule has 4 rings (SSSR count). The van der Waals surface area contributed by atoms with Crippen LogP contribution in [0.2, 0.25) is 0 Å². The highest BCUT2D eigenvalue weighted by molar-refractivity contribution is 9.10. The summed E-state index contributed by atoms with van der Waals surface area (Å²) in [4.78, 5) is 25.3. The van der Waals surface area contributed by atoms with E-state index in [2.05, 4.69) is 67.3 Å². The Labute approximate surface area is 189 Å². The predicted octanol–water partition coefficient (Wildman–Crippen LogP) is 5.55. The molecule has 154 valence electrons. The number of piperidine rings is 1. The van der Waals surface area contributed by atoms with E-state index in [0.717, 1.165) is 45.3 Å². The van der Waals surface area contributed by atoms with Crippen LogP contribution in [-0.2, 0) is 4.79 Å². The molecule has 1 unspecified atom stereocenters. The fraction of sp³-hybridized carbons (Fsp3) is 0.261. The average Bonchev–Trinajstić information content (AvgIpc) is 2.77. The van der Waals surface area contributed by atoms with Crippen LogP contribution < -0.4 is 10.2 Å². The maximum atomic E-state index is 12.8. The van der Waals surface area contributed by atoms with Gasteiger partial charge in [-0.2, -0.15) is 0 Å². The zero-order valence-corrected chi connectivity index (χ0v) is 19.1. The van der Waals surface area contributed by atoms with Crippen molar-refractivity contribution < 1.29 is 4.79 Å². The van der Waals surface area contributed by atoms with Gasteiger partial charge in [0.1, 0.15) is 5.03 Å². The van der Waals surface area contributed by atoms with Crippen LogP contribution in [0.15, 0.2) is 75.3 Å². The Hall–Kier alpha value is -2.38. The van der Waals surface area contributed by atoms with Crippen molar-refractivity contribution in [2.75, 3.05) is 23.3 Å². The molecule has 30 heavy (non-hydrogen) atoms. The summed E-state index contributed by atoms with van der Waals surface area (Å²) in [5.74, 6) is 0.824. The number of carbonyl (C=O) groups excluding carboxylic acids is 1. The zero-order valence-electron chi connectivity index (χ0n) is 16.7. The van der Waals surface area contributed by atoms with Crippen LogP contribution >= 0.6 is 27.7 Å². The number of anilines is 2. The number of carbonyl (C=O) groups is 1. The van der Waals surface area contributed by atoms with Crippen molar-refractivity contribution in [3.63, 3.8) is 0 Å². The molecule has 0 aliphatic carbocycles. The van der Waals surface area contributed by atoms with Crippen molar-refractivity contribution in [3.05, 3.63) is 71.0 Å². The Balaban J connectivity index is 1.47. The van der Waals surface area contributed by atoms with Crippen molar-refractivity contribution in [1.29, 1.82) is 0 Å². The number of nitrogens with zero attached hydrogens (tertiary/aromatic N) is 3. The predicted molar refractivity (Wildman–Crippen MR) is 125 cm³/mol. The van der Waals surface area contributed by atoms with Crippen LogP contribution in [0.1, 0.15) is 18.4 Å². The molecule has 0 radical (unpaired) electrons. The Morgan fingerprint density at radius 3 is 2.60 bits per heavy atom. The normalized spacial score (nSPS) is 16.3. The molecule has 1 atom stereocenters. The van der Waals surface area contributed by atoms with Gasteiger partial charge in [0, 0.05) is 40.5 Å². The van der Waals surface area contributed by atoms with Crippen LogP contribution in [0, 0.1) is 12.8 Å². The fourth-order valence-corrected chi connectivity index (χ4v) is 4.63. The highest BCUT2D eigenvalue weighted by atomic mass is 79.9. The molecule has 0 saturated carbocycles. The van der Waals surface area contributed by atoms with Gasteiger partial charge in [0.05, 0.1) is 5.92 Å². The van der Waals surface area contributed by atoms with Gasteiger partial charge in [-0.1, -0.05) is 45.4 Å². The third-order valence-electron chi connectivity index (χ3n) is 5.09. The monoisotopic (exact) mass is 482 g/mol. The maximum Gasteiger partial charge on any atom is 0.229 e. The fourth-order valence-electron chi connectivity index (χ4n) is 3.49. The van der Waals surface area contributed by atoms with E-state index >= 15 is 0 Å². The molecular weight excluding hydrogens is 460 g/mol. The lowest BCUT2D eigenvalue weighted by Gasteiger charge is -2.33. The van der Waals surface area contributed by atoms with Gasteiger partial charge in [0.15, 0.2) is 5.82 Å². The summed E-state index contributed by atoms with van der Waals surface area (Å²) in [6.45, 7) is 3.60. The van der Waals surface area contributed by atoms with Gasteiger partial charge in [-0.3, -0.25) is 4.79 Å². The summed E-state index contributed by atoms with van der Waals surface area (Å²) in [7, 11) is 0. The topological polar surface area (TPSA) is 58.1 Å². The average molecular weight is 483 g/mol. The zero-order chi connectivity index (χ0) is 20.9. The van der Waals surface area contributed by atoms with E-state index in [1.807, 2.05) is 24.3 Å². The van der Waals surface area contributed by atoms with Gasteiger partial charge in [-0.25, -0.2) is 9.97 Å². The molecule has 7 heteroatoms. The maximum absolute atomic E-state index is 12.8. The molecule has 1 saturated heterocycles. The van der Waals surface area contributed by atoms with Crippen LogP contribution in [0.25, 0.3) is 0 Å². The van der Waals surface area contributed by atoms with Crippen molar-refractivity contribution >= 4 is 45.1 Å². The molecule has 1 aromatic heterocycles.